The number of rotatable bonds is 8. The van der Waals surface area contributed by atoms with Crippen molar-refractivity contribution in [3.05, 3.63) is 0 Å². The molecule has 0 spiro atoms. The normalized spacial score (nSPS) is 13.6. The molecule has 13 heavy (non-hydrogen) atoms. The van der Waals surface area contributed by atoms with E-state index in [1.807, 2.05) is 20.8 Å². The molecule has 0 aliphatic rings. The van der Waals surface area contributed by atoms with Gasteiger partial charge in [-0.2, -0.15) is 0 Å². The van der Waals surface area contributed by atoms with E-state index in [0.29, 0.717) is 6.61 Å². The zero-order valence-electron chi connectivity index (χ0n) is 8.95. The minimum atomic E-state index is -0.345. The van der Waals surface area contributed by atoms with Crippen molar-refractivity contribution in [1.29, 1.82) is 0 Å². The average molecular weight is 190 g/mol. The fourth-order valence-corrected chi connectivity index (χ4v) is 0.952. The standard InChI is InChI=1S/C10H22O3/c1-4-12-7-5-6-10(11)8-13-9(2)3/h9-11H,4-8H2,1-3H3. The average Bonchev–Trinajstić information content (AvgIpc) is 2.09. The summed E-state index contributed by atoms with van der Waals surface area (Å²) in [6.45, 7) is 7.82. The van der Waals surface area contributed by atoms with E-state index >= 15 is 0 Å². The van der Waals surface area contributed by atoms with Crippen LogP contribution in [0, 0.1) is 0 Å². The first-order valence-electron chi connectivity index (χ1n) is 5.04. The second kappa shape index (κ2) is 8.48. The van der Waals surface area contributed by atoms with Crippen LogP contribution < -0.4 is 0 Å². The molecule has 1 unspecified atom stereocenters. The summed E-state index contributed by atoms with van der Waals surface area (Å²) in [4.78, 5) is 0. The molecule has 3 nitrogen and oxygen atoms in total. The van der Waals surface area contributed by atoms with Crippen molar-refractivity contribution in [2.45, 2.75) is 45.8 Å². The fraction of sp³-hybridized carbons (Fsp3) is 1.00. The molecule has 1 N–H and O–H groups in total. The Kier molecular flexibility index (Phi) is 8.40. The zero-order chi connectivity index (χ0) is 10.1. The summed E-state index contributed by atoms with van der Waals surface area (Å²) in [6, 6.07) is 0. The highest BCUT2D eigenvalue weighted by Crippen LogP contribution is 2.00. The molecule has 0 saturated carbocycles. The Morgan fingerprint density at radius 1 is 1.31 bits per heavy atom. The Morgan fingerprint density at radius 2 is 2.00 bits per heavy atom. The number of hydrogen-bond donors (Lipinski definition) is 1. The van der Waals surface area contributed by atoms with Gasteiger partial charge in [0.15, 0.2) is 0 Å². The summed E-state index contributed by atoms with van der Waals surface area (Å²) in [6.07, 6.45) is 1.51. The Balaban J connectivity index is 3.15. The molecule has 0 aromatic carbocycles. The van der Waals surface area contributed by atoms with Crippen molar-refractivity contribution in [2.75, 3.05) is 19.8 Å². The van der Waals surface area contributed by atoms with Crippen molar-refractivity contribution < 1.29 is 14.6 Å². The van der Waals surface area contributed by atoms with Gasteiger partial charge in [0.1, 0.15) is 0 Å². The first-order chi connectivity index (χ1) is 6.16. The van der Waals surface area contributed by atoms with Gasteiger partial charge in [-0.05, 0) is 33.6 Å². The van der Waals surface area contributed by atoms with Crippen LogP contribution in [0.25, 0.3) is 0 Å². The molecule has 0 aliphatic carbocycles. The molecule has 1 atom stereocenters. The molecule has 0 radical (unpaired) electrons. The number of aliphatic hydroxyl groups is 1. The minimum absolute atomic E-state index is 0.196. The maximum absolute atomic E-state index is 9.42. The summed E-state index contributed by atoms with van der Waals surface area (Å²) < 4.78 is 10.4. The summed E-state index contributed by atoms with van der Waals surface area (Å²) >= 11 is 0. The molecule has 0 aromatic rings. The van der Waals surface area contributed by atoms with Crippen molar-refractivity contribution in [3.63, 3.8) is 0 Å². The third-order valence-electron chi connectivity index (χ3n) is 1.65. The lowest BCUT2D eigenvalue weighted by Gasteiger charge is -2.13. The maximum Gasteiger partial charge on any atom is 0.0774 e. The molecule has 0 aromatic heterocycles. The van der Waals surface area contributed by atoms with Gasteiger partial charge < -0.3 is 14.6 Å². The van der Waals surface area contributed by atoms with E-state index < -0.39 is 0 Å². The molecule has 3 heteroatoms. The maximum atomic E-state index is 9.42. The van der Waals surface area contributed by atoms with Gasteiger partial charge in [0.2, 0.25) is 0 Å². The Hall–Kier alpha value is -0.120. The monoisotopic (exact) mass is 190 g/mol. The van der Waals surface area contributed by atoms with Crippen LogP contribution in [0.1, 0.15) is 33.6 Å². The molecule has 80 valence electrons. The van der Waals surface area contributed by atoms with Crippen molar-refractivity contribution in [3.8, 4) is 0 Å². The van der Waals surface area contributed by atoms with Crippen LogP contribution >= 0.6 is 0 Å². The molecule has 0 heterocycles. The van der Waals surface area contributed by atoms with Gasteiger partial charge >= 0.3 is 0 Å². The number of aliphatic hydroxyl groups excluding tert-OH is 1. The Bertz CT molecular complexity index is 104. The first-order valence-corrected chi connectivity index (χ1v) is 5.04. The van der Waals surface area contributed by atoms with Crippen LogP contribution in [0.5, 0.6) is 0 Å². The molecule has 0 amide bonds. The van der Waals surface area contributed by atoms with Crippen LogP contribution in [-0.4, -0.2) is 37.1 Å². The predicted octanol–water partition coefficient (Wildman–Crippen LogP) is 1.59. The number of ether oxygens (including phenoxy) is 2. The fourth-order valence-electron chi connectivity index (χ4n) is 0.952. The van der Waals surface area contributed by atoms with E-state index in [-0.39, 0.29) is 12.2 Å². The molecule has 0 bridgehead atoms. The van der Waals surface area contributed by atoms with Crippen molar-refractivity contribution in [2.24, 2.45) is 0 Å². The van der Waals surface area contributed by atoms with E-state index in [0.717, 1.165) is 26.1 Å². The van der Waals surface area contributed by atoms with E-state index in [1.54, 1.807) is 0 Å². The van der Waals surface area contributed by atoms with Crippen LogP contribution in [-0.2, 0) is 9.47 Å². The van der Waals surface area contributed by atoms with Gasteiger partial charge in [0.05, 0.1) is 18.8 Å². The van der Waals surface area contributed by atoms with Crippen LogP contribution in [0.4, 0.5) is 0 Å². The molecule has 0 fully saturated rings. The lowest BCUT2D eigenvalue weighted by Crippen LogP contribution is -2.18. The molecule has 0 rings (SSSR count). The van der Waals surface area contributed by atoms with Crippen molar-refractivity contribution in [1.82, 2.24) is 0 Å². The highest BCUT2D eigenvalue weighted by atomic mass is 16.5. The van der Waals surface area contributed by atoms with E-state index in [1.165, 1.54) is 0 Å². The second-order valence-corrected chi connectivity index (χ2v) is 3.38. The quantitative estimate of drug-likeness (QED) is 0.591. The van der Waals surface area contributed by atoms with Gasteiger partial charge in [-0.1, -0.05) is 0 Å². The van der Waals surface area contributed by atoms with Crippen LogP contribution in [0.15, 0.2) is 0 Å². The third-order valence-corrected chi connectivity index (χ3v) is 1.65. The summed E-state index contributed by atoms with van der Waals surface area (Å²) in [5, 5.41) is 9.42. The van der Waals surface area contributed by atoms with Crippen LogP contribution in [0.2, 0.25) is 0 Å². The van der Waals surface area contributed by atoms with Gasteiger partial charge in [0.25, 0.3) is 0 Å². The van der Waals surface area contributed by atoms with Gasteiger partial charge in [-0.25, -0.2) is 0 Å². The molecular weight excluding hydrogens is 168 g/mol. The van der Waals surface area contributed by atoms with Crippen molar-refractivity contribution >= 4 is 0 Å². The van der Waals surface area contributed by atoms with E-state index in [4.69, 9.17) is 9.47 Å². The van der Waals surface area contributed by atoms with Gasteiger partial charge in [-0.15, -0.1) is 0 Å². The summed E-state index contributed by atoms with van der Waals surface area (Å²) in [5.41, 5.74) is 0. The van der Waals surface area contributed by atoms with E-state index in [2.05, 4.69) is 0 Å². The minimum Gasteiger partial charge on any atom is -0.391 e. The van der Waals surface area contributed by atoms with Crippen LogP contribution in [0.3, 0.4) is 0 Å². The Labute approximate surface area is 81.0 Å². The molecule has 0 aliphatic heterocycles. The highest BCUT2D eigenvalue weighted by molar-refractivity contribution is 4.54. The predicted molar refractivity (Wildman–Crippen MR) is 52.8 cm³/mol. The first kappa shape index (κ1) is 12.9. The largest absolute Gasteiger partial charge is 0.391 e. The Morgan fingerprint density at radius 3 is 2.54 bits per heavy atom. The SMILES string of the molecule is CCOCCCC(O)COC(C)C. The topological polar surface area (TPSA) is 38.7 Å². The second-order valence-electron chi connectivity index (χ2n) is 3.38. The van der Waals surface area contributed by atoms with Gasteiger partial charge in [-0.3, -0.25) is 0 Å². The highest BCUT2D eigenvalue weighted by Gasteiger charge is 2.04. The lowest BCUT2D eigenvalue weighted by atomic mass is 10.2. The molecular formula is C10H22O3. The molecule has 0 saturated heterocycles. The third kappa shape index (κ3) is 9.80. The summed E-state index contributed by atoms with van der Waals surface area (Å²) in [7, 11) is 0. The zero-order valence-corrected chi connectivity index (χ0v) is 8.95. The lowest BCUT2D eigenvalue weighted by molar-refractivity contribution is -0.00109. The van der Waals surface area contributed by atoms with Gasteiger partial charge in [0, 0.05) is 13.2 Å². The summed E-state index contributed by atoms with van der Waals surface area (Å²) in [5.74, 6) is 0. The number of hydrogen-bond acceptors (Lipinski definition) is 3. The van der Waals surface area contributed by atoms with E-state index in [9.17, 15) is 5.11 Å². The smallest absolute Gasteiger partial charge is 0.0774 e.